The molecule has 0 fully saturated rings. The van der Waals surface area contributed by atoms with E-state index in [1.165, 1.54) is 6.20 Å². The summed E-state index contributed by atoms with van der Waals surface area (Å²) in [6, 6.07) is 4.99. The molecule has 0 spiro atoms. The summed E-state index contributed by atoms with van der Waals surface area (Å²) >= 11 is 0. The van der Waals surface area contributed by atoms with E-state index in [0.717, 1.165) is 5.56 Å². The molecule has 9 nitrogen and oxygen atoms in total. The van der Waals surface area contributed by atoms with Crippen molar-refractivity contribution in [1.29, 1.82) is 0 Å². The number of aromatic nitrogens is 4. The maximum atomic E-state index is 10.9. The van der Waals surface area contributed by atoms with E-state index in [2.05, 4.69) is 25.4 Å². The minimum absolute atomic E-state index is 0.0201. The van der Waals surface area contributed by atoms with Crippen LogP contribution in [0.15, 0.2) is 41.3 Å². The molecule has 9 heteroatoms. The number of hydrogen-bond acceptors (Lipinski definition) is 8. The molecule has 1 atom stereocenters. The van der Waals surface area contributed by atoms with Crippen LogP contribution in [0.3, 0.4) is 0 Å². The van der Waals surface area contributed by atoms with Gasteiger partial charge in [0.1, 0.15) is 18.1 Å². The fourth-order valence-corrected chi connectivity index (χ4v) is 2.47. The second kappa shape index (κ2) is 7.26. The number of nitrogens with zero attached hydrogens (tertiary/aromatic N) is 5. The average Bonchev–Trinajstić information content (AvgIpc) is 3.09. The highest BCUT2D eigenvalue weighted by Gasteiger charge is 2.24. The number of hydrogen-bond donors (Lipinski definition) is 1. The predicted octanol–water partition coefficient (Wildman–Crippen LogP) is 3.55. The maximum Gasteiger partial charge on any atom is 0.290 e. The molecule has 3 aromatic rings. The normalized spacial score (nSPS) is 12.2. The zero-order valence-corrected chi connectivity index (χ0v) is 14.6. The fourth-order valence-electron chi connectivity index (χ4n) is 2.47. The predicted molar refractivity (Wildman–Crippen MR) is 94.4 cm³/mol. The Morgan fingerprint density at radius 3 is 2.73 bits per heavy atom. The smallest absolute Gasteiger partial charge is 0.290 e. The van der Waals surface area contributed by atoms with Crippen molar-refractivity contribution >= 4 is 11.5 Å². The summed E-state index contributed by atoms with van der Waals surface area (Å²) in [7, 11) is 0. The summed E-state index contributed by atoms with van der Waals surface area (Å²) in [4.78, 5) is 23.1. The van der Waals surface area contributed by atoms with Crippen LogP contribution in [0.25, 0.3) is 11.4 Å². The zero-order chi connectivity index (χ0) is 18.7. The van der Waals surface area contributed by atoms with Crippen molar-refractivity contribution in [2.45, 2.75) is 26.8 Å². The van der Waals surface area contributed by atoms with E-state index in [1.54, 1.807) is 31.5 Å². The Balaban J connectivity index is 1.85. The van der Waals surface area contributed by atoms with Gasteiger partial charge in [-0.1, -0.05) is 19.0 Å². The quantitative estimate of drug-likeness (QED) is 0.527. The molecule has 0 saturated heterocycles. The molecular weight excluding hydrogens is 336 g/mol. The first-order valence-corrected chi connectivity index (χ1v) is 8.07. The second-order valence-corrected chi connectivity index (χ2v) is 6.18. The van der Waals surface area contributed by atoms with Crippen molar-refractivity contribution in [2.75, 3.05) is 5.32 Å². The number of rotatable bonds is 6. The maximum absolute atomic E-state index is 10.9. The third-order valence-electron chi connectivity index (χ3n) is 3.88. The molecule has 0 bridgehead atoms. The second-order valence-electron chi connectivity index (χ2n) is 6.18. The van der Waals surface area contributed by atoms with Crippen molar-refractivity contribution < 1.29 is 9.45 Å². The Bertz CT molecular complexity index is 910. The van der Waals surface area contributed by atoms with Crippen LogP contribution in [0.1, 0.15) is 31.3 Å². The standard InChI is InChI=1S/C17H18N6O3/c1-10(2)15(20-14-7-11(3)13(9-19-14)23(24)25)17-21-16(22-26-17)12-5-4-6-18-8-12/h4-10,15H,1-3H3,(H,19,20). The van der Waals surface area contributed by atoms with Gasteiger partial charge in [0.05, 0.1) is 4.92 Å². The molecule has 3 aromatic heterocycles. The Labute approximate surface area is 149 Å². The van der Waals surface area contributed by atoms with Gasteiger partial charge in [-0.2, -0.15) is 4.98 Å². The number of nitro groups is 1. The van der Waals surface area contributed by atoms with Crippen LogP contribution in [0.2, 0.25) is 0 Å². The van der Waals surface area contributed by atoms with E-state index >= 15 is 0 Å². The lowest BCUT2D eigenvalue weighted by Crippen LogP contribution is -2.18. The monoisotopic (exact) mass is 354 g/mol. The molecule has 1 unspecified atom stereocenters. The molecule has 0 aliphatic carbocycles. The summed E-state index contributed by atoms with van der Waals surface area (Å²) in [5, 5.41) is 18.2. The van der Waals surface area contributed by atoms with Crippen LogP contribution in [0.4, 0.5) is 11.5 Å². The van der Waals surface area contributed by atoms with E-state index in [9.17, 15) is 10.1 Å². The summed E-state index contributed by atoms with van der Waals surface area (Å²) < 4.78 is 5.42. The van der Waals surface area contributed by atoms with Gasteiger partial charge in [0.15, 0.2) is 0 Å². The number of aryl methyl sites for hydroxylation is 1. The van der Waals surface area contributed by atoms with E-state index < -0.39 is 4.92 Å². The lowest BCUT2D eigenvalue weighted by atomic mass is 10.0. The van der Waals surface area contributed by atoms with Crippen LogP contribution in [0.5, 0.6) is 0 Å². The molecule has 0 aliphatic heterocycles. The van der Waals surface area contributed by atoms with Gasteiger partial charge in [0.2, 0.25) is 11.7 Å². The molecule has 26 heavy (non-hydrogen) atoms. The van der Waals surface area contributed by atoms with Gasteiger partial charge in [-0.15, -0.1) is 0 Å². The zero-order valence-electron chi connectivity index (χ0n) is 14.6. The van der Waals surface area contributed by atoms with Gasteiger partial charge in [0, 0.05) is 23.5 Å². The molecule has 134 valence electrons. The third-order valence-corrected chi connectivity index (χ3v) is 3.88. The van der Waals surface area contributed by atoms with Crippen molar-refractivity contribution in [3.05, 3.63) is 58.4 Å². The van der Waals surface area contributed by atoms with E-state index in [4.69, 9.17) is 4.52 Å². The Morgan fingerprint density at radius 1 is 1.31 bits per heavy atom. The van der Waals surface area contributed by atoms with Gasteiger partial charge in [-0.05, 0) is 31.0 Å². The molecule has 3 heterocycles. The summed E-state index contributed by atoms with van der Waals surface area (Å²) in [6.45, 7) is 5.68. The van der Waals surface area contributed by atoms with Crippen molar-refractivity contribution in [1.82, 2.24) is 20.1 Å². The van der Waals surface area contributed by atoms with E-state index in [1.807, 2.05) is 19.9 Å². The van der Waals surface area contributed by atoms with Crippen molar-refractivity contribution in [3.63, 3.8) is 0 Å². The van der Waals surface area contributed by atoms with E-state index in [-0.39, 0.29) is 17.6 Å². The van der Waals surface area contributed by atoms with Crippen LogP contribution >= 0.6 is 0 Å². The minimum Gasteiger partial charge on any atom is -0.358 e. The van der Waals surface area contributed by atoms with Crippen LogP contribution in [-0.2, 0) is 0 Å². The van der Waals surface area contributed by atoms with Crippen molar-refractivity contribution in [3.8, 4) is 11.4 Å². The Hall–Kier alpha value is -3.36. The van der Waals surface area contributed by atoms with Crippen LogP contribution in [0, 0.1) is 23.0 Å². The highest BCUT2D eigenvalue weighted by atomic mass is 16.6. The molecule has 3 rings (SSSR count). The molecule has 0 aromatic carbocycles. The summed E-state index contributed by atoms with van der Waals surface area (Å²) in [6.07, 6.45) is 4.57. The summed E-state index contributed by atoms with van der Waals surface area (Å²) in [5.74, 6) is 1.49. The largest absolute Gasteiger partial charge is 0.358 e. The lowest BCUT2D eigenvalue weighted by Gasteiger charge is -2.19. The van der Waals surface area contributed by atoms with Gasteiger partial charge in [-0.3, -0.25) is 15.1 Å². The molecule has 0 radical (unpaired) electrons. The first kappa shape index (κ1) is 17.5. The first-order chi connectivity index (χ1) is 12.5. The molecule has 0 saturated carbocycles. The topological polar surface area (TPSA) is 120 Å². The Kier molecular flexibility index (Phi) is 4.87. The van der Waals surface area contributed by atoms with Gasteiger partial charge >= 0.3 is 0 Å². The average molecular weight is 354 g/mol. The SMILES string of the molecule is Cc1cc(NC(c2nc(-c3cccnc3)no2)C(C)C)ncc1[N+](=O)[O-]. The van der Waals surface area contributed by atoms with Gasteiger partial charge in [-0.25, -0.2) is 4.98 Å². The fraction of sp³-hybridized carbons (Fsp3) is 0.294. The highest BCUT2D eigenvalue weighted by molar-refractivity contribution is 5.52. The van der Waals surface area contributed by atoms with Crippen LogP contribution in [-0.4, -0.2) is 25.0 Å². The molecule has 0 aliphatic rings. The van der Waals surface area contributed by atoms with Gasteiger partial charge < -0.3 is 9.84 Å². The number of nitrogens with one attached hydrogen (secondary N) is 1. The van der Waals surface area contributed by atoms with Crippen molar-refractivity contribution in [2.24, 2.45) is 5.92 Å². The number of anilines is 1. The summed E-state index contributed by atoms with van der Waals surface area (Å²) in [5.41, 5.74) is 1.26. The molecule has 0 amide bonds. The van der Waals surface area contributed by atoms with Crippen LogP contribution < -0.4 is 5.32 Å². The molecular formula is C17H18N6O3. The minimum atomic E-state index is -0.454. The third kappa shape index (κ3) is 3.66. The number of pyridine rings is 2. The lowest BCUT2D eigenvalue weighted by molar-refractivity contribution is -0.385. The van der Waals surface area contributed by atoms with E-state index in [0.29, 0.717) is 23.1 Å². The Morgan fingerprint density at radius 2 is 2.12 bits per heavy atom. The first-order valence-electron chi connectivity index (χ1n) is 8.07. The highest BCUT2D eigenvalue weighted by Crippen LogP contribution is 2.28. The van der Waals surface area contributed by atoms with Gasteiger partial charge in [0.25, 0.3) is 5.69 Å². The molecule has 1 N–H and O–H groups in total.